The van der Waals surface area contributed by atoms with Gasteiger partial charge in [-0.25, -0.2) is 8.42 Å². The summed E-state index contributed by atoms with van der Waals surface area (Å²) in [5, 5.41) is 0. The zero-order chi connectivity index (χ0) is 16.4. The minimum atomic E-state index is -3.80. The number of carbonyl (C=O) groups excluding carboxylic acids is 1. The van der Waals surface area contributed by atoms with Crippen LogP contribution in [-0.2, 0) is 19.6 Å². The molecule has 0 spiro atoms. The molecular weight excluding hydrogens is 322 g/mol. The normalized spacial score (nSPS) is 21.7. The Morgan fingerprint density at radius 1 is 1.22 bits per heavy atom. The van der Waals surface area contributed by atoms with Crippen LogP contribution in [0.15, 0.2) is 23.1 Å². The Morgan fingerprint density at radius 3 is 2.70 bits per heavy atom. The Balaban J connectivity index is 1.95. The lowest BCUT2D eigenvalue weighted by Crippen LogP contribution is -2.48. The molecule has 1 unspecified atom stereocenters. The molecule has 2 aliphatic heterocycles. The number of carbonyl (C=O) groups is 1. The number of ether oxygens (including phenoxy) is 3. The van der Waals surface area contributed by atoms with Crippen LogP contribution in [0.1, 0.15) is 19.3 Å². The summed E-state index contributed by atoms with van der Waals surface area (Å²) in [6, 6.07) is 3.74. The maximum Gasteiger partial charge on any atom is 0.324 e. The molecule has 23 heavy (non-hydrogen) atoms. The summed E-state index contributed by atoms with van der Waals surface area (Å²) in [6.07, 6.45) is 1.99. The van der Waals surface area contributed by atoms with Gasteiger partial charge in [0, 0.05) is 12.6 Å². The number of hydrogen-bond acceptors (Lipinski definition) is 6. The Labute approximate surface area is 135 Å². The molecule has 7 nitrogen and oxygen atoms in total. The highest BCUT2D eigenvalue weighted by Gasteiger charge is 2.38. The van der Waals surface area contributed by atoms with Crippen molar-refractivity contribution in [3.8, 4) is 11.5 Å². The SMILES string of the molecule is COC(=O)C1CCCCN1S(=O)(=O)c1ccc2c(c1)OCCO2. The number of methoxy groups -OCH3 is 1. The van der Waals surface area contributed by atoms with E-state index in [1.165, 1.54) is 23.5 Å². The van der Waals surface area contributed by atoms with Crippen LogP contribution in [0, 0.1) is 0 Å². The quantitative estimate of drug-likeness (QED) is 0.768. The number of esters is 1. The lowest BCUT2D eigenvalue weighted by atomic mass is 10.1. The zero-order valence-corrected chi connectivity index (χ0v) is 13.7. The maximum atomic E-state index is 12.9. The van der Waals surface area contributed by atoms with Crippen molar-refractivity contribution in [2.45, 2.75) is 30.2 Å². The fraction of sp³-hybridized carbons (Fsp3) is 0.533. The van der Waals surface area contributed by atoms with Crippen LogP contribution in [0.4, 0.5) is 0 Å². The first kappa shape index (κ1) is 16.1. The Hall–Kier alpha value is -1.80. The van der Waals surface area contributed by atoms with Gasteiger partial charge >= 0.3 is 5.97 Å². The monoisotopic (exact) mass is 341 g/mol. The summed E-state index contributed by atoms with van der Waals surface area (Å²) in [6.45, 7) is 1.12. The van der Waals surface area contributed by atoms with E-state index in [9.17, 15) is 13.2 Å². The summed E-state index contributed by atoms with van der Waals surface area (Å²) >= 11 is 0. The number of piperidine rings is 1. The van der Waals surface area contributed by atoms with Crippen LogP contribution in [0.25, 0.3) is 0 Å². The molecule has 2 heterocycles. The van der Waals surface area contributed by atoms with Gasteiger partial charge in [-0.3, -0.25) is 4.79 Å². The highest BCUT2D eigenvalue weighted by Crippen LogP contribution is 2.34. The molecule has 0 N–H and O–H groups in total. The third-order valence-electron chi connectivity index (χ3n) is 4.05. The largest absolute Gasteiger partial charge is 0.486 e. The van der Waals surface area contributed by atoms with Crippen molar-refractivity contribution in [2.75, 3.05) is 26.9 Å². The molecule has 1 saturated heterocycles. The standard InChI is InChI=1S/C15H19NO6S/c1-20-15(17)12-4-2-3-7-16(12)23(18,19)11-5-6-13-14(10-11)22-9-8-21-13/h5-6,10,12H,2-4,7-9H2,1H3. The molecule has 3 rings (SSSR count). The molecule has 1 atom stereocenters. The van der Waals surface area contributed by atoms with Crippen LogP contribution in [0.2, 0.25) is 0 Å². The summed E-state index contributed by atoms with van der Waals surface area (Å²) in [7, 11) is -2.53. The molecular formula is C15H19NO6S. The second-order valence-corrected chi connectivity index (χ2v) is 7.35. The first-order valence-electron chi connectivity index (χ1n) is 7.53. The van der Waals surface area contributed by atoms with E-state index in [0.717, 1.165) is 12.8 Å². The molecule has 8 heteroatoms. The van der Waals surface area contributed by atoms with Crippen molar-refractivity contribution in [2.24, 2.45) is 0 Å². The molecule has 1 aromatic carbocycles. The van der Waals surface area contributed by atoms with Gasteiger partial charge in [-0.2, -0.15) is 4.31 Å². The summed E-state index contributed by atoms with van der Waals surface area (Å²) in [5.41, 5.74) is 0. The summed E-state index contributed by atoms with van der Waals surface area (Å²) in [5.74, 6) is 0.410. The third-order valence-corrected chi connectivity index (χ3v) is 5.95. The fourth-order valence-corrected chi connectivity index (χ4v) is 4.55. The van der Waals surface area contributed by atoms with E-state index < -0.39 is 22.0 Å². The number of rotatable bonds is 3. The Bertz CT molecular complexity index is 702. The second kappa shape index (κ2) is 6.37. The van der Waals surface area contributed by atoms with Crippen molar-refractivity contribution in [3.63, 3.8) is 0 Å². The van der Waals surface area contributed by atoms with Gasteiger partial charge in [0.1, 0.15) is 19.3 Å². The molecule has 0 saturated carbocycles. The van der Waals surface area contributed by atoms with Gasteiger partial charge < -0.3 is 14.2 Å². The van der Waals surface area contributed by atoms with Gasteiger partial charge in [-0.1, -0.05) is 0 Å². The predicted molar refractivity (Wildman–Crippen MR) is 81.0 cm³/mol. The zero-order valence-electron chi connectivity index (χ0n) is 12.9. The topological polar surface area (TPSA) is 82.1 Å². The highest BCUT2D eigenvalue weighted by atomic mass is 32.2. The van der Waals surface area contributed by atoms with Crippen LogP contribution >= 0.6 is 0 Å². The van der Waals surface area contributed by atoms with Crippen molar-refractivity contribution < 1.29 is 27.4 Å². The van der Waals surface area contributed by atoms with E-state index >= 15 is 0 Å². The average molecular weight is 341 g/mol. The van der Waals surface area contributed by atoms with Gasteiger partial charge in [0.25, 0.3) is 0 Å². The van der Waals surface area contributed by atoms with Gasteiger partial charge in [-0.05, 0) is 31.4 Å². The van der Waals surface area contributed by atoms with Crippen LogP contribution in [0.3, 0.4) is 0 Å². The smallest absolute Gasteiger partial charge is 0.324 e. The van der Waals surface area contributed by atoms with Crippen LogP contribution < -0.4 is 9.47 Å². The lowest BCUT2D eigenvalue weighted by molar-refractivity contribution is -0.146. The maximum absolute atomic E-state index is 12.9. The van der Waals surface area contributed by atoms with Gasteiger partial charge in [-0.15, -0.1) is 0 Å². The molecule has 0 bridgehead atoms. The minimum Gasteiger partial charge on any atom is -0.486 e. The third kappa shape index (κ3) is 3.00. The molecule has 0 aromatic heterocycles. The predicted octanol–water partition coefficient (Wildman–Crippen LogP) is 1.17. The first-order chi connectivity index (χ1) is 11.0. The number of hydrogen-bond donors (Lipinski definition) is 0. The molecule has 126 valence electrons. The lowest BCUT2D eigenvalue weighted by Gasteiger charge is -2.32. The fourth-order valence-electron chi connectivity index (χ4n) is 2.88. The van der Waals surface area contributed by atoms with E-state index in [2.05, 4.69) is 0 Å². The number of fused-ring (bicyclic) bond motifs is 1. The number of benzene rings is 1. The van der Waals surface area contributed by atoms with E-state index in [1.807, 2.05) is 0 Å². The van der Waals surface area contributed by atoms with Gasteiger partial charge in [0.05, 0.1) is 12.0 Å². The van der Waals surface area contributed by atoms with Crippen molar-refractivity contribution in [3.05, 3.63) is 18.2 Å². The van der Waals surface area contributed by atoms with E-state index in [0.29, 0.717) is 37.7 Å². The van der Waals surface area contributed by atoms with Crippen molar-refractivity contribution >= 4 is 16.0 Å². The van der Waals surface area contributed by atoms with Crippen LogP contribution in [-0.4, -0.2) is 51.6 Å². The van der Waals surface area contributed by atoms with E-state index in [-0.39, 0.29) is 4.90 Å². The molecule has 2 aliphatic rings. The Morgan fingerprint density at radius 2 is 1.96 bits per heavy atom. The van der Waals surface area contributed by atoms with E-state index in [4.69, 9.17) is 14.2 Å². The van der Waals surface area contributed by atoms with Crippen LogP contribution in [0.5, 0.6) is 11.5 Å². The first-order valence-corrected chi connectivity index (χ1v) is 8.97. The molecule has 1 fully saturated rings. The molecule has 0 radical (unpaired) electrons. The average Bonchev–Trinajstić information content (AvgIpc) is 2.60. The van der Waals surface area contributed by atoms with Gasteiger partial charge in [0.2, 0.25) is 10.0 Å². The molecule has 0 amide bonds. The van der Waals surface area contributed by atoms with Gasteiger partial charge in [0.15, 0.2) is 11.5 Å². The van der Waals surface area contributed by atoms with E-state index in [1.54, 1.807) is 6.07 Å². The second-order valence-electron chi connectivity index (χ2n) is 5.46. The summed E-state index contributed by atoms with van der Waals surface area (Å²) in [4.78, 5) is 12.0. The Kier molecular flexibility index (Phi) is 4.45. The number of nitrogens with zero attached hydrogens (tertiary/aromatic N) is 1. The molecule has 0 aliphatic carbocycles. The van der Waals surface area contributed by atoms with Crippen molar-refractivity contribution in [1.29, 1.82) is 0 Å². The summed E-state index contributed by atoms with van der Waals surface area (Å²) < 4.78 is 42.7. The highest BCUT2D eigenvalue weighted by molar-refractivity contribution is 7.89. The minimum absolute atomic E-state index is 0.0950. The molecule has 1 aromatic rings. The number of sulfonamides is 1. The van der Waals surface area contributed by atoms with Crippen molar-refractivity contribution in [1.82, 2.24) is 4.31 Å².